The number of nitrogens with zero attached hydrogens (tertiary/aromatic N) is 2. The highest BCUT2D eigenvalue weighted by molar-refractivity contribution is 7.91. The first-order chi connectivity index (χ1) is 13.3. The third-order valence-corrected chi connectivity index (χ3v) is 9.04. The maximum atomic E-state index is 13.1. The lowest BCUT2D eigenvalue weighted by Gasteiger charge is -2.34. The van der Waals surface area contributed by atoms with Crippen molar-refractivity contribution >= 4 is 38.9 Å². The van der Waals surface area contributed by atoms with E-state index in [1.54, 1.807) is 17.0 Å². The average molecular weight is 441 g/mol. The molecule has 4 rings (SSSR count). The van der Waals surface area contributed by atoms with Gasteiger partial charge in [-0.1, -0.05) is 30.7 Å². The quantitative estimate of drug-likeness (QED) is 0.733. The molecule has 0 aliphatic carbocycles. The van der Waals surface area contributed by atoms with E-state index in [2.05, 4.69) is 6.92 Å². The van der Waals surface area contributed by atoms with Crippen LogP contribution in [0.25, 0.3) is 0 Å². The fourth-order valence-corrected chi connectivity index (χ4v) is 6.68. The van der Waals surface area contributed by atoms with E-state index in [9.17, 15) is 13.2 Å². The average Bonchev–Trinajstić information content (AvgIpc) is 3.25. The maximum absolute atomic E-state index is 13.1. The van der Waals surface area contributed by atoms with E-state index in [1.165, 1.54) is 10.4 Å². The summed E-state index contributed by atoms with van der Waals surface area (Å²) in [5, 5.41) is 0. The largest absolute Gasteiger partial charge is 0.489 e. The van der Waals surface area contributed by atoms with Crippen molar-refractivity contribution in [2.75, 3.05) is 26.2 Å². The highest BCUT2D eigenvalue weighted by Crippen LogP contribution is 2.40. The van der Waals surface area contributed by atoms with Gasteiger partial charge in [0.05, 0.1) is 9.90 Å². The Kier molecular flexibility index (Phi) is 5.16. The van der Waals surface area contributed by atoms with Crippen molar-refractivity contribution in [2.24, 2.45) is 0 Å². The molecule has 0 spiro atoms. The standard InChI is InChI=1S/C19H21ClN2O4S2/c1-12-13(2)26-18-14(12)4-3-5-15(18)19(23)21-8-10-22(11-9-21)28(24,25)17-7-6-16(20)27-17/h3-7,12-13H,8-11H2,1-2H3. The molecule has 1 saturated heterocycles. The molecule has 1 aromatic carbocycles. The Bertz CT molecular complexity index is 1010. The smallest absolute Gasteiger partial charge is 0.257 e. The van der Waals surface area contributed by atoms with Crippen molar-refractivity contribution < 1.29 is 17.9 Å². The molecule has 2 aliphatic rings. The number of halogens is 1. The van der Waals surface area contributed by atoms with Gasteiger partial charge in [-0.25, -0.2) is 8.42 Å². The Morgan fingerprint density at radius 3 is 2.50 bits per heavy atom. The molecule has 0 radical (unpaired) electrons. The van der Waals surface area contributed by atoms with E-state index in [0.717, 1.165) is 16.9 Å². The molecule has 1 fully saturated rings. The third kappa shape index (κ3) is 3.32. The number of sulfonamides is 1. The van der Waals surface area contributed by atoms with Gasteiger partial charge in [0.25, 0.3) is 15.9 Å². The number of thiophene rings is 1. The summed E-state index contributed by atoms with van der Waals surface area (Å²) in [6, 6.07) is 8.76. The van der Waals surface area contributed by atoms with Crippen molar-refractivity contribution in [1.29, 1.82) is 0 Å². The van der Waals surface area contributed by atoms with Gasteiger partial charge in [-0.2, -0.15) is 4.31 Å². The minimum atomic E-state index is -3.57. The fourth-order valence-electron chi connectivity index (χ4n) is 3.62. The second-order valence-electron chi connectivity index (χ2n) is 7.09. The van der Waals surface area contributed by atoms with Gasteiger partial charge in [0.2, 0.25) is 0 Å². The highest BCUT2D eigenvalue weighted by Gasteiger charge is 2.35. The van der Waals surface area contributed by atoms with Crippen LogP contribution >= 0.6 is 22.9 Å². The molecule has 9 heteroatoms. The van der Waals surface area contributed by atoms with Crippen LogP contribution in [0, 0.1) is 0 Å². The summed E-state index contributed by atoms with van der Waals surface area (Å²) in [4.78, 5) is 14.8. The number of hydrogen-bond donors (Lipinski definition) is 0. The van der Waals surface area contributed by atoms with Gasteiger partial charge in [0.1, 0.15) is 16.1 Å². The van der Waals surface area contributed by atoms with Gasteiger partial charge in [-0.3, -0.25) is 4.79 Å². The molecule has 2 aliphatic heterocycles. The Balaban J connectivity index is 1.49. The Morgan fingerprint density at radius 1 is 1.14 bits per heavy atom. The summed E-state index contributed by atoms with van der Waals surface area (Å²) in [7, 11) is -3.57. The van der Waals surface area contributed by atoms with E-state index in [0.29, 0.717) is 28.7 Å². The first-order valence-corrected chi connectivity index (χ1v) is 11.8. The number of amides is 1. The molecule has 0 saturated carbocycles. The second-order valence-corrected chi connectivity index (χ2v) is 11.0. The van der Waals surface area contributed by atoms with E-state index in [1.807, 2.05) is 19.1 Å². The van der Waals surface area contributed by atoms with E-state index < -0.39 is 10.0 Å². The maximum Gasteiger partial charge on any atom is 0.257 e. The van der Waals surface area contributed by atoms with Gasteiger partial charge in [0.15, 0.2) is 0 Å². The van der Waals surface area contributed by atoms with Crippen molar-refractivity contribution in [1.82, 2.24) is 9.21 Å². The number of rotatable bonds is 3. The van der Waals surface area contributed by atoms with Crippen LogP contribution < -0.4 is 4.74 Å². The van der Waals surface area contributed by atoms with Crippen molar-refractivity contribution in [2.45, 2.75) is 30.1 Å². The number of piperazine rings is 1. The number of carbonyl (C=O) groups excluding carboxylic acids is 1. The van der Waals surface area contributed by atoms with Gasteiger partial charge >= 0.3 is 0 Å². The zero-order valence-corrected chi connectivity index (χ0v) is 18.0. The highest BCUT2D eigenvalue weighted by atomic mass is 35.5. The monoisotopic (exact) mass is 440 g/mol. The number of hydrogen-bond acceptors (Lipinski definition) is 5. The van der Waals surface area contributed by atoms with Crippen molar-refractivity contribution in [3.63, 3.8) is 0 Å². The lowest BCUT2D eigenvalue weighted by molar-refractivity contribution is 0.0693. The molecular formula is C19H21ClN2O4S2. The minimum absolute atomic E-state index is 0.0311. The molecule has 3 heterocycles. The molecule has 0 N–H and O–H groups in total. The molecule has 0 bridgehead atoms. The lowest BCUT2D eigenvalue weighted by Crippen LogP contribution is -2.50. The van der Waals surface area contributed by atoms with Crippen LogP contribution in [-0.4, -0.2) is 55.8 Å². The molecule has 2 unspecified atom stereocenters. The van der Waals surface area contributed by atoms with E-state index >= 15 is 0 Å². The Hall–Kier alpha value is -1.61. The lowest BCUT2D eigenvalue weighted by atomic mass is 9.96. The molecular weight excluding hydrogens is 420 g/mol. The minimum Gasteiger partial charge on any atom is -0.489 e. The van der Waals surface area contributed by atoms with Gasteiger partial charge < -0.3 is 9.64 Å². The zero-order valence-electron chi connectivity index (χ0n) is 15.6. The predicted molar refractivity (Wildman–Crippen MR) is 109 cm³/mol. The molecule has 6 nitrogen and oxygen atoms in total. The molecule has 1 amide bonds. The SMILES string of the molecule is CC1Oc2c(C(=O)N3CCN(S(=O)(=O)c4ccc(Cl)s4)CC3)cccc2C1C. The van der Waals surface area contributed by atoms with E-state index in [-0.39, 0.29) is 35.2 Å². The van der Waals surface area contributed by atoms with Crippen LogP contribution in [0.4, 0.5) is 0 Å². The summed E-state index contributed by atoms with van der Waals surface area (Å²) in [6.07, 6.45) is 0.0311. The normalized spacial score (nSPS) is 22.8. The van der Waals surface area contributed by atoms with Crippen LogP contribution in [0.1, 0.15) is 35.7 Å². The first-order valence-electron chi connectivity index (χ1n) is 9.13. The van der Waals surface area contributed by atoms with Crippen LogP contribution in [0.15, 0.2) is 34.5 Å². The van der Waals surface area contributed by atoms with Gasteiger partial charge in [-0.15, -0.1) is 11.3 Å². The first kappa shape index (κ1) is 19.7. The summed E-state index contributed by atoms with van der Waals surface area (Å²) in [5.41, 5.74) is 1.60. The number of para-hydroxylation sites is 1. The molecule has 2 aromatic rings. The van der Waals surface area contributed by atoms with Crippen LogP contribution in [0.5, 0.6) is 5.75 Å². The Labute approximate surface area is 173 Å². The van der Waals surface area contributed by atoms with Crippen LogP contribution in [-0.2, 0) is 10.0 Å². The van der Waals surface area contributed by atoms with Gasteiger partial charge in [0, 0.05) is 37.7 Å². The summed E-state index contributed by atoms with van der Waals surface area (Å²) < 4.78 is 33.5. The summed E-state index contributed by atoms with van der Waals surface area (Å²) in [5.74, 6) is 0.785. The fraction of sp³-hybridized carbons (Fsp3) is 0.421. The number of benzene rings is 1. The van der Waals surface area contributed by atoms with Crippen molar-refractivity contribution in [3.8, 4) is 5.75 Å². The summed E-state index contributed by atoms with van der Waals surface area (Å²) in [6.45, 7) is 5.28. The predicted octanol–water partition coefficient (Wildman–Crippen LogP) is 3.43. The number of carbonyl (C=O) groups is 1. The summed E-state index contributed by atoms with van der Waals surface area (Å²) >= 11 is 6.92. The Morgan fingerprint density at radius 2 is 1.86 bits per heavy atom. The zero-order chi connectivity index (χ0) is 20.1. The molecule has 150 valence electrons. The number of ether oxygens (including phenoxy) is 1. The topological polar surface area (TPSA) is 66.9 Å². The molecule has 28 heavy (non-hydrogen) atoms. The second kappa shape index (κ2) is 7.33. The van der Waals surface area contributed by atoms with Crippen molar-refractivity contribution in [3.05, 3.63) is 45.8 Å². The molecule has 1 aromatic heterocycles. The van der Waals surface area contributed by atoms with Crippen LogP contribution in [0.2, 0.25) is 4.34 Å². The van der Waals surface area contributed by atoms with Gasteiger partial charge in [-0.05, 0) is 25.1 Å². The number of fused-ring (bicyclic) bond motifs is 1. The molecule has 2 atom stereocenters. The van der Waals surface area contributed by atoms with E-state index in [4.69, 9.17) is 16.3 Å². The third-order valence-electron chi connectivity index (χ3n) is 5.44. The van der Waals surface area contributed by atoms with Crippen LogP contribution in [0.3, 0.4) is 0 Å².